The smallest absolute Gasteiger partial charge is 0.119 e. The van der Waals surface area contributed by atoms with Gasteiger partial charge in [-0.15, -0.1) is 0 Å². The van der Waals surface area contributed by atoms with E-state index in [0.717, 1.165) is 36.0 Å². The Hall–Kier alpha value is -0.980. The van der Waals surface area contributed by atoms with Crippen LogP contribution in [-0.4, -0.2) is 6.61 Å². The molecule has 1 heteroatoms. The Kier molecular flexibility index (Phi) is 11.3. The van der Waals surface area contributed by atoms with Crippen LogP contribution in [0.3, 0.4) is 0 Å². The average molecular weight is 427 g/mol. The van der Waals surface area contributed by atoms with Crippen LogP contribution in [0.4, 0.5) is 0 Å². The molecule has 1 aromatic carbocycles. The van der Waals surface area contributed by atoms with E-state index in [9.17, 15) is 0 Å². The second-order valence-electron chi connectivity index (χ2n) is 10.9. The molecule has 0 unspecified atom stereocenters. The second-order valence-corrected chi connectivity index (χ2v) is 10.9. The predicted molar refractivity (Wildman–Crippen MR) is 135 cm³/mol. The van der Waals surface area contributed by atoms with Crippen molar-refractivity contribution in [1.82, 2.24) is 0 Å². The lowest BCUT2D eigenvalue weighted by molar-refractivity contribution is 0.209. The maximum Gasteiger partial charge on any atom is 0.119 e. The largest absolute Gasteiger partial charge is 0.494 e. The van der Waals surface area contributed by atoms with Crippen LogP contribution in [0.25, 0.3) is 0 Å². The molecular weight excluding hydrogens is 376 g/mol. The van der Waals surface area contributed by atoms with Gasteiger partial charge in [-0.25, -0.2) is 0 Å². The van der Waals surface area contributed by atoms with Crippen molar-refractivity contribution in [2.24, 2.45) is 23.7 Å². The monoisotopic (exact) mass is 426 g/mol. The van der Waals surface area contributed by atoms with Gasteiger partial charge in [0.05, 0.1) is 6.61 Å². The standard InChI is InChI=1S/C30H50O/c1-3-5-6-24-31-30-22-20-29(21-23-30)19-18-28-16-14-27(15-17-28)13-12-26-10-8-25(7-4-2)9-11-26/h20-23,25-28H,3-19,24H2,1-2H3. The fraction of sp³-hybridized carbons (Fsp3) is 0.800. The van der Waals surface area contributed by atoms with Crippen molar-refractivity contribution in [2.75, 3.05) is 6.61 Å². The molecule has 0 saturated heterocycles. The third-order valence-corrected chi connectivity index (χ3v) is 8.39. The number of rotatable bonds is 13. The Balaban J connectivity index is 1.25. The van der Waals surface area contributed by atoms with Crippen molar-refractivity contribution < 1.29 is 4.74 Å². The highest BCUT2D eigenvalue weighted by Crippen LogP contribution is 2.38. The first-order chi connectivity index (χ1) is 15.3. The van der Waals surface area contributed by atoms with Gasteiger partial charge in [-0.2, -0.15) is 0 Å². The zero-order chi connectivity index (χ0) is 21.7. The molecule has 2 aliphatic rings. The molecule has 2 aliphatic carbocycles. The lowest BCUT2D eigenvalue weighted by Crippen LogP contribution is -2.18. The van der Waals surface area contributed by atoms with Crippen LogP contribution >= 0.6 is 0 Å². The Morgan fingerprint density at radius 1 is 0.613 bits per heavy atom. The van der Waals surface area contributed by atoms with Crippen LogP contribution in [-0.2, 0) is 6.42 Å². The van der Waals surface area contributed by atoms with Crippen LogP contribution in [0.1, 0.15) is 122 Å². The van der Waals surface area contributed by atoms with Gasteiger partial charge in [-0.3, -0.25) is 0 Å². The summed E-state index contributed by atoms with van der Waals surface area (Å²) in [5, 5.41) is 0. The molecule has 0 bridgehead atoms. The summed E-state index contributed by atoms with van der Waals surface area (Å²) in [6.07, 6.45) is 24.3. The predicted octanol–water partition coefficient (Wildman–Crippen LogP) is 9.38. The van der Waals surface area contributed by atoms with E-state index < -0.39 is 0 Å². The van der Waals surface area contributed by atoms with E-state index in [1.54, 1.807) is 0 Å². The lowest BCUT2D eigenvalue weighted by Gasteiger charge is -2.32. The number of hydrogen-bond donors (Lipinski definition) is 0. The summed E-state index contributed by atoms with van der Waals surface area (Å²) in [5.74, 6) is 5.16. The van der Waals surface area contributed by atoms with Gasteiger partial charge in [0.1, 0.15) is 5.75 Å². The molecule has 31 heavy (non-hydrogen) atoms. The topological polar surface area (TPSA) is 9.23 Å². The van der Waals surface area contributed by atoms with Crippen LogP contribution in [0.5, 0.6) is 5.75 Å². The molecule has 0 spiro atoms. The van der Waals surface area contributed by atoms with E-state index in [4.69, 9.17) is 4.74 Å². The maximum atomic E-state index is 5.85. The Morgan fingerprint density at radius 3 is 1.65 bits per heavy atom. The van der Waals surface area contributed by atoms with Gasteiger partial charge in [0, 0.05) is 0 Å². The second kappa shape index (κ2) is 14.2. The molecule has 0 aliphatic heterocycles. The first-order valence-electron chi connectivity index (χ1n) is 14.0. The molecular formula is C30H50O. The molecule has 0 atom stereocenters. The van der Waals surface area contributed by atoms with Gasteiger partial charge in [0.15, 0.2) is 0 Å². The van der Waals surface area contributed by atoms with E-state index in [2.05, 4.69) is 38.1 Å². The molecule has 0 radical (unpaired) electrons. The SMILES string of the molecule is CCCCCOc1ccc(CCC2CCC(CCC3CCC(CCC)CC3)CC2)cc1. The number of ether oxygens (including phenoxy) is 1. The molecule has 0 N–H and O–H groups in total. The molecule has 0 amide bonds. The fourth-order valence-corrected chi connectivity index (χ4v) is 6.16. The number of aryl methyl sites for hydroxylation is 1. The summed E-state index contributed by atoms with van der Waals surface area (Å²) in [5.41, 5.74) is 1.49. The highest BCUT2D eigenvalue weighted by Gasteiger charge is 2.24. The number of hydrogen-bond acceptors (Lipinski definition) is 1. The number of unbranched alkanes of at least 4 members (excludes halogenated alkanes) is 2. The molecule has 3 rings (SSSR count). The van der Waals surface area contributed by atoms with E-state index in [1.807, 2.05) is 0 Å². The van der Waals surface area contributed by atoms with Crippen molar-refractivity contribution in [2.45, 2.75) is 123 Å². The third-order valence-electron chi connectivity index (χ3n) is 8.39. The van der Waals surface area contributed by atoms with Gasteiger partial charge in [-0.1, -0.05) is 116 Å². The minimum atomic E-state index is 0.858. The van der Waals surface area contributed by atoms with Crippen LogP contribution in [0.2, 0.25) is 0 Å². The third kappa shape index (κ3) is 9.19. The Labute approximate surface area is 193 Å². The molecule has 1 aromatic rings. The van der Waals surface area contributed by atoms with Crippen molar-refractivity contribution >= 4 is 0 Å². The summed E-state index contributed by atoms with van der Waals surface area (Å²) in [4.78, 5) is 0. The van der Waals surface area contributed by atoms with Crippen molar-refractivity contribution in [3.8, 4) is 5.75 Å². The average Bonchev–Trinajstić information content (AvgIpc) is 2.82. The summed E-state index contributed by atoms with van der Waals surface area (Å²) in [7, 11) is 0. The molecule has 0 heterocycles. The van der Waals surface area contributed by atoms with Gasteiger partial charge in [0.25, 0.3) is 0 Å². The summed E-state index contributed by atoms with van der Waals surface area (Å²) in [6, 6.07) is 8.92. The van der Waals surface area contributed by atoms with Crippen LogP contribution in [0, 0.1) is 23.7 Å². The highest BCUT2D eigenvalue weighted by atomic mass is 16.5. The molecule has 2 saturated carbocycles. The van der Waals surface area contributed by atoms with Crippen LogP contribution in [0.15, 0.2) is 24.3 Å². The molecule has 2 fully saturated rings. The van der Waals surface area contributed by atoms with Gasteiger partial charge in [-0.05, 0) is 60.6 Å². The molecule has 0 aromatic heterocycles. The highest BCUT2D eigenvalue weighted by molar-refractivity contribution is 5.27. The first kappa shape index (κ1) is 24.7. The Morgan fingerprint density at radius 2 is 1.13 bits per heavy atom. The van der Waals surface area contributed by atoms with Gasteiger partial charge in [0.2, 0.25) is 0 Å². The quantitative estimate of drug-likeness (QED) is 0.285. The van der Waals surface area contributed by atoms with E-state index in [0.29, 0.717) is 0 Å². The maximum absolute atomic E-state index is 5.85. The zero-order valence-electron chi connectivity index (χ0n) is 20.8. The summed E-state index contributed by atoms with van der Waals surface area (Å²) >= 11 is 0. The molecule has 1 nitrogen and oxygen atoms in total. The summed E-state index contributed by atoms with van der Waals surface area (Å²) < 4.78 is 5.85. The van der Waals surface area contributed by atoms with Gasteiger partial charge < -0.3 is 4.74 Å². The minimum absolute atomic E-state index is 0.858. The minimum Gasteiger partial charge on any atom is -0.494 e. The number of benzene rings is 1. The van der Waals surface area contributed by atoms with E-state index in [1.165, 1.54) is 115 Å². The van der Waals surface area contributed by atoms with Gasteiger partial charge >= 0.3 is 0 Å². The van der Waals surface area contributed by atoms with Crippen LogP contribution < -0.4 is 4.74 Å². The van der Waals surface area contributed by atoms with Crippen molar-refractivity contribution in [1.29, 1.82) is 0 Å². The van der Waals surface area contributed by atoms with E-state index in [-0.39, 0.29) is 0 Å². The lowest BCUT2D eigenvalue weighted by atomic mass is 9.74. The first-order valence-corrected chi connectivity index (χ1v) is 14.0. The Bertz CT molecular complexity index is 561. The summed E-state index contributed by atoms with van der Waals surface area (Å²) in [6.45, 7) is 5.45. The van der Waals surface area contributed by atoms with Crippen molar-refractivity contribution in [3.63, 3.8) is 0 Å². The van der Waals surface area contributed by atoms with Crippen molar-refractivity contribution in [3.05, 3.63) is 29.8 Å². The fourth-order valence-electron chi connectivity index (χ4n) is 6.16. The normalized spacial score (nSPS) is 26.6. The zero-order valence-corrected chi connectivity index (χ0v) is 20.8. The molecule has 176 valence electrons. The van der Waals surface area contributed by atoms with E-state index >= 15 is 0 Å².